The minimum atomic E-state index is -3.60. The molecular weight excluding hydrogens is 418 g/mol. The van der Waals surface area contributed by atoms with Gasteiger partial charge in [-0.05, 0) is 36.4 Å². The van der Waals surface area contributed by atoms with Gasteiger partial charge in [0.2, 0.25) is 15.9 Å². The van der Waals surface area contributed by atoms with Crippen molar-refractivity contribution in [2.24, 2.45) is 0 Å². The van der Waals surface area contributed by atoms with Gasteiger partial charge in [-0.25, -0.2) is 8.42 Å². The first-order valence-corrected chi connectivity index (χ1v) is 10.9. The third-order valence-electron chi connectivity index (χ3n) is 3.70. The SMILES string of the molecule is CC(=O)Nc1ccc(NS(C)(=O)=O)c(C(=O)N(C)CCOc2cccc(Cl)c2)c1. The molecule has 0 aliphatic rings. The molecule has 0 saturated carbocycles. The largest absolute Gasteiger partial charge is 0.492 e. The van der Waals surface area contributed by atoms with Crippen molar-refractivity contribution in [1.29, 1.82) is 0 Å². The van der Waals surface area contributed by atoms with Crippen LogP contribution >= 0.6 is 11.6 Å². The molecule has 0 radical (unpaired) electrons. The normalized spacial score (nSPS) is 10.9. The summed E-state index contributed by atoms with van der Waals surface area (Å²) in [5, 5.41) is 3.11. The Kier molecular flexibility index (Phi) is 7.46. The summed E-state index contributed by atoms with van der Waals surface area (Å²) in [6, 6.07) is 11.2. The predicted molar refractivity (Wildman–Crippen MR) is 113 cm³/mol. The number of amides is 2. The zero-order valence-electron chi connectivity index (χ0n) is 16.2. The average molecular weight is 440 g/mol. The van der Waals surface area contributed by atoms with Crippen molar-refractivity contribution < 1.29 is 22.7 Å². The number of rotatable bonds is 8. The number of hydrogen-bond acceptors (Lipinski definition) is 5. The van der Waals surface area contributed by atoms with E-state index in [0.29, 0.717) is 16.5 Å². The van der Waals surface area contributed by atoms with Gasteiger partial charge in [-0.3, -0.25) is 14.3 Å². The maximum absolute atomic E-state index is 12.9. The maximum atomic E-state index is 12.9. The van der Waals surface area contributed by atoms with Gasteiger partial charge in [-0.1, -0.05) is 17.7 Å². The summed E-state index contributed by atoms with van der Waals surface area (Å²) in [6.45, 7) is 1.79. The van der Waals surface area contributed by atoms with Crippen molar-refractivity contribution in [3.05, 3.63) is 53.1 Å². The van der Waals surface area contributed by atoms with E-state index in [9.17, 15) is 18.0 Å². The van der Waals surface area contributed by atoms with Gasteiger partial charge in [-0.2, -0.15) is 0 Å². The second kappa shape index (κ2) is 9.62. The molecule has 8 nitrogen and oxygen atoms in total. The van der Waals surface area contributed by atoms with Gasteiger partial charge in [-0.15, -0.1) is 0 Å². The number of halogens is 1. The number of anilines is 2. The van der Waals surface area contributed by atoms with E-state index in [1.54, 1.807) is 31.3 Å². The molecule has 0 heterocycles. The minimum absolute atomic E-state index is 0.104. The number of benzene rings is 2. The molecule has 2 rings (SSSR count). The summed E-state index contributed by atoms with van der Waals surface area (Å²) in [7, 11) is -2.03. The summed E-state index contributed by atoms with van der Waals surface area (Å²) < 4.78 is 31.2. The van der Waals surface area contributed by atoms with E-state index in [0.717, 1.165) is 6.26 Å². The molecule has 29 heavy (non-hydrogen) atoms. The number of ether oxygens (including phenoxy) is 1. The molecule has 0 aromatic heterocycles. The van der Waals surface area contributed by atoms with Gasteiger partial charge in [0.05, 0.1) is 24.1 Å². The highest BCUT2D eigenvalue weighted by Crippen LogP contribution is 2.23. The van der Waals surface area contributed by atoms with Crippen LogP contribution in [0.4, 0.5) is 11.4 Å². The molecule has 10 heteroatoms. The maximum Gasteiger partial charge on any atom is 0.255 e. The topological polar surface area (TPSA) is 105 Å². The fraction of sp³-hybridized carbons (Fsp3) is 0.263. The Labute approximate surface area is 174 Å². The van der Waals surface area contributed by atoms with Crippen molar-refractivity contribution in [2.45, 2.75) is 6.92 Å². The van der Waals surface area contributed by atoms with Crippen LogP contribution in [-0.2, 0) is 14.8 Å². The second-order valence-electron chi connectivity index (χ2n) is 6.35. The van der Waals surface area contributed by atoms with Crippen molar-refractivity contribution in [2.75, 3.05) is 36.5 Å². The van der Waals surface area contributed by atoms with Gasteiger partial charge >= 0.3 is 0 Å². The number of nitrogens with one attached hydrogen (secondary N) is 2. The molecule has 156 valence electrons. The first-order chi connectivity index (χ1) is 13.5. The molecular formula is C19H22ClN3O5S. The van der Waals surface area contributed by atoms with Crippen LogP contribution < -0.4 is 14.8 Å². The fourth-order valence-corrected chi connectivity index (χ4v) is 3.21. The molecule has 0 aliphatic carbocycles. The van der Waals surface area contributed by atoms with E-state index in [4.69, 9.17) is 16.3 Å². The van der Waals surface area contributed by atoms with Crippen LogP contribution in [-0.4, -0.2) is 51.6 Å². The van der Waals surface area contributed by atoms with E-state index in [1.165, 1.54) is 30.0 Å². The minimum Gasteiger partial charge on any atom is -0.492 e. The Morgan fingerprint density at radius 2 is 1.90 bits per heavy atom. The zero-order valence-corrected chi connectivity index (χ0v) is 17.8. The Hall–Kier alpha value is -2.78. The molecule has 0 atom stereocenters. The lowest BCUT2D eigenvalue weighted by Crippen LogP contribution is -2.31. The molecule has 0 bridgehead atoms. The molecule has 0 fully saturated rings. The summed E-state index contributed by atoms with van der Waals surface area (Å²) in [6.07, 6.45) is 0.992. The van der Waals surface area contributed by atoms with Gasteiger partial charge in [0.15, 0.2) is 0 Å². The standard InChI is InChI=1S/C19H22ClN3O5S/c1-13(24)21-15-7-8-18(22-29(3,26)27)17(12-15)19(25)23(2)9-10-28-16-6-4-5-14(20)11-16/h4-8,11-12,22H,9-10H2,1-3H3,(H,21,24). The lowest BCUT2D eigenvalue weighted by Gasteiger charge is -2.20. The predicted octanol–water partition coefficient (Wildman–Crippen LogP) is 2.82. The quantitative estimate of drug-likeness (QED) is 0.658. The zero-order chi connectivity index (χ0) is 21.6. The van der Waals surface area contributed by atoms with Crippen molar-refractivity contribution in [3.8, 4) is 5.75 Å². The highest BCUT2D eigenvalue weighted by atomic mass is 35.5. The van der Waals surface area contributed by atoms with Crippen LogP contribution in [0.5, 0.6) is 5.75 Å². The number of sulfonamides is 1. The van der Waals surface area contributed by atoms with E-state index >= 15 is 0 Å². The van der Waals surface area contributed by atoms with Gasteiger partial charge in [0, 0.05) is 24.7 Å². The Bertz CT molecular complexity index is 1010. The molecule has 2 aromatic carbocycles. The highest BCUT2D eigenvalue weighted by Gasteiger charge is 2.19. The van der Waals surface area contributed by atoms with Crippen LogP contribution in [0.2, 0.25) is 5.02 Å². The Morgan fingerprint density at radius 3 is 2.52 bits per heavy atom. The molecule has 0 aliphatic heterocycles. The van der Waals surface area contributed by atoms with E-state index in [-0.39, 0.29) is 30.3 Å². The van der Waals surface area contributed by atoms with Crippen LogP contribution in [0.3, 0.4) is 0 Å². The lowest BCUT2D eigenvalue weighted by molar-refractivity contribution is -0.114. The van der Waals surface area contributed by atoms with Crippen LogP contribution in [0.1, 0.15) is 17.3 Å². The Morgan fingerprint density at radius 1 is 1.17 bits per heavy atom. The van der Waals surface area contributed by atoms with Crippen LogP contribution in [0.15, 0.2) is 42.5 Å². The van der Waals surface area contributed by atoms with E-state index < -0.39 is 15.9 Å². The molecule has 2 amide bonds. The first kappa shape index (κ1) is 22.5. The van der Waals surface area contributed by atoms with E-state index in [2.05, 4.69) is 10.0 Å². The smallest absolute Gasteiger partial charge is 0.255 e. The summed E-state index contributed by atoms with van der Waals surface area (Å²) in [5.74, 6) is -0.168. The summed E-state index contributed by atoms with van der Waals surface area (Å²) in [5.41, 5.74) is 0.602. The monoisotopic (exact) mass is 439 g/mol. The van der Waals surface area contributed by atoms with Gasteiger partial charge in [0.25, 0.3) is 5.91 Å². The number of carbonyl (C=O) groups excluding carboxylic acids is 2. The summed E-state index contributed by atoms with van der Waals surface area (Å²) >= 11 is 5.91. The summed E-state index contributed by atoms with van der Waals surface area (Å²) in [4.78, 5) is 25.6. The van der Waals surface area contributed by atoms with E-state index in [1.807, 2.05) is 0 Å². The molecule has 0 unspecified atom stereocenters. The number of nitrogens with zero attached hydrogens (tertiary/aromatic N) is 1. The number of hydrogen-bond donors (Lipinski definition) is 2. The first-order valence-electron chi connectivity index (χ1n) is 8.58. The van der Waals surface area contributed by atoms with Crippen molar-refractivity contribution in [3.63, 3.8) is 0 Å². The van der Waals surface area contributed by atoms with Gasteiger partial charge < -0.3 is 15.0 Å². The van der Waals surface area contributed by atoms with Crippen LogP contribution in [0.25, 0.3) is 0 Å². The highest BCUT2D eigenvalue weighted by molar-refractivity contribution is 7.92. The number of carbonyl (C=O) groups is 2. The molecule has 0 saturated heterocycles. The fourth-order valence-electron chi connectivity index (χ4n) is 2.46. The van der Waals surface area contributed by atoms with Gasteiger partial charge in [0.1, 0.15) is 12.4 Å². The molecule has 2 N–H and O–H groups in total. The average Bonchev–Trinajstić information content (AvgIpc) is 2.60. The lowest BCUT2D eigenvalue weighted by atomic mass is 10.1. The third-order valence-corrected chi connectivity index (χ3v) is 4.53. The van der Waals surface area contributed by atoms with Crippen LogP contribution in [0, 0.1) is 0 Å². The van der Waals surface area contributed by atoms with Crippen molar-refractivity contribution >= 4 is 44.8 Å². The van der Waals surface area contributed by atoms with Crippen molar-refractivity contribution in [1.82, 2.24) is 4.90 Å². The second-order valence-corrected chi connectivity index (χ2v) is 8.53. The molecule has 0 spiro atoms. The molecule has 2 aromatic rings. The Balaban J connectivity index is 2.15. The number of likely N-dealkylation sites (N-methyl/N-ethyl adjacent to an activating group) is 1. The third kappa shape index (κ3) is 7.28.